The molecular formula is C10H8F2NP. The van der Waals surface area contributed by atoms with Crippen molar-refractivity contribution in [2.75, 3.05) is 5.34 Å². The lowest BCUT2D eigenvalue weighted by Gasteiger charge is -2.08. The van der Waals surface area contributed by atoms with Gasteiger partial charge in [-0.05, 0) is 22.1 Å². The second-order valence-electron chi connectivity index (χ2n) is 2.96. The molecule has 0 spiro atoms. The lowest BCUT2D eigenvalue weighted by molar-refractivity contribution is 0.236. The smallest absolute Gasteiger partial charge is 0.105 e. The van der Waals surface area contributed by atoms with Crippen LogP contribution in [0.1, 0.15) is 0 Å². The van der Waals surface area contributed by atoms with Crippen molar-refractivity contribution in [3.63, 3.8) is 0 Å². The SMILES string of the molecule is FN(F)c1cccc2cccc(P)c12. The van der Waals surface area contributed by atoms with E-state index in [2.05, 4.69) is 9.24 Å². The van der Waals surface area contributed by atoms with Crippen LogP contribution in [0.2, 0.25) is 0 Å². The van der Waals surface area contributed by atoms with Gasteiger partial charge >= 0.3 is 0 Å². The Balaban J connectivity index is 2.84. The number of anilines is 1. The molecule has 2 rings (SSSR count). The predicted molar refractivity (Wildman–Crippen MR) is 58.0 cm³/mol. The topological polar surface area (TPSA) is 3.24 Å². The first-order valence-electron chi connectivity index (χ1n) is 4.09. The van der Waals surface area contributed by atoms with Gasteiger partial charge in [0.15, 0.2) is 0 Å². The van der Waals surface area contributed by atoms with Crippen LogP contribution in [0.3, 0.4) is 0 Å². The number of hydrogen-bond acceptors (Lipinski definition) is 1. The van der Waals surface area contributed by atoms with E-state index in [0.717, 1.165) is 10.7 Å². The molecule has 0 aliphatic heterocycles. The fourth-order valence-electron chi connectivity index (χ4n) is 1.49. The van der Waals surface area contributed by atoms with Gasteiger partial charge in [0.25, 0.3) is 0 Å². The Hall–Kier alpha value is -1.21. The van der Waals surface area contributed by atoms with Gasteiger partial charge in [-0.3, -0.25) is 0 Å². The zero-order valence-electron chi connectivity index (χ0n) is 7.24. The highest BCUT2D eigenvalue weighted by Gasteiger charge is 2.09. The van der Waals surface area contributed by atoms with Gasteiger partial charge in [-0.25, -0.2) is 0 Å². The van der Waals surface area contributed by atoms with Crippen molar-refractivity contribution in [1.29, 1.82) is 0 Å². The van der Waals surface area contributed by atoms with E-state index < -0.39 is 5.34 Å². The minimum Gasteiger partial charge on any atom is -0.105 e. The Labute approximate surface area is 82.4 Å². The highest BCUT2D eigenvalue weighted by Crippen LogP contribution is 2.26. The fraction of sp³-hybridized carbons (Fsp3) is 0. The normalized spacial score (nSPS) is 10.5. The number of rotatable bonds is 1. The van der Waals surface area contributed by atoms with Crippen LogP contribution >= 0.6 is 9.24 Å². The molecule has 0 aromatic heterocycles. The van der Waals surface area contributed by atoms with E-state index in [1.165, 1.54) is 6.07 Å². The summed E-state index contributed by atoms with van der Waals surface area (Å²) in [7, 11) is 2.46. The van der Waals surface area contributed by atoms with E-state index in [9.17, 15) is 8.96 Å². The van der Waals surface area contributed by atoms with Crippen LogP contribution < -0.4 is 10.6 Å². The van der Waals surface area contributed by atoms with Gasteiger partial charge in [0.05, 0.1) is 0 Å². The molecule has 72 valence electrons. The monoisotopic (exact) mass is 211 g/mol. The first-order chi connectivity index (χ1) is 6.70. The van der Waals surface area contributed by atoms with Crippen LogP contribution in [0.4, 0.5) is 14.6 Å². The molecule has 0 N–H and O–H groups in total. The Morgan fingerprint density at radius 1 is 1.00 bits per heavy atom. The molecule has 1 unspecified atom stereocenters. The van der Waals surface area contributed by atoms with Crippen molar-refractivity contribution in [2.24, 2.45) is 0 Å². The molecule has 0 fully saturated rings. The molecule has 1 atom stereocenters. The lowest BCUT2D eigenvalue weighted by Crippen LogP contribution is -2.01. The Bertz CT molecular complexity index is 465. The largest absolute Gasteiger partial charge is 0.114 e. The summed E-state index contributed by atoms with van der Waals surface area (Å²) in [5.74, 6) is 0. The molecule has 0 aliphatic carbocycles. The van der Waals surface area contributed by atoms with Gasteiger partial charge < -0.3 is 0 Å². The lowest BCUT2D eigenvalue weighted by atomic mass is 10.1. The van der Waals surface area contributed by atoms with E-state index in [1.54, 1.807) is 12.1 Å². The summed E-state index contributed by atoms with van der Waals surface area (Å²) in [6.07, 6.45) is 0. The zero-order valence-corrected chi connectivity index (χ0v) is 8.40. The first-order valence-corrected chi connectivity index (χ1v) is 4.67. The number of fused-ring (bicyclic) bond motifs is 1. The second-order valence-corrected chi connectivity index (χ2v) is 3.58. The van der Waals surface area contributed by atoms with Crippen molar-refractivity contribution in [3.8, 4) is 0 Å². The Morgan fingerprint density at radius 2 is 1.64 bits per heavy atom. The van der Waals surface area contributed by atoms with E-state index in [0.29, 0.717) is 5.39 Å². The summed E-state index contributed by atoms with van der Waals surface area (Å²) < 4.78 is 25.0. The summed E-state index contributed by atoms with van der Waals surface area (Å²) in [4.78, 5) is 0. The standard InChI is InChI=1S/C10H8F2NP/c11-13(12)8-5-1-3-7-4-2-6-9(14)10(7)8/h1-6H,14H2. The van der Waals surface area contributed by atoms with Crippen LogP contribution in [-0.4, -0.2) is 0 Å². The molecule has 2 aromatic carbocycles. The molecular weight excluding hydrogens is 203 g/mol. The number of nitrogens with zero attached hydrogens (tertiary/aromatic N) is 1. The maximum atomic E-state index is 12.5. The Kier molecular flexibility index (Phi) is 2.34. The fourth-order valence-corrected chi connectivity index (χ4v) is 1.92. The third-order valence-corrected chi connectivity index (χ3v) is 2.58. The van der Waals surface area contributed by atoms with Crippen LogP contribution in [0.25, 0.3) is 10.8 Å². The quantitative estimate of drug-likeness (QED) is 0.517. The van der Waals surface area contributed by atoms with Crippen molar-refractivity contribution in [2.45, 2.75) is 0 Å². The minimum atomic E-state index is -0.851. The zero-order chi connectivity index (χ0) is 10.1. The maximum Gasteiger partial charge on any atom is 0.114 e. The summed E-state index contributed by atoms with van der Waals surface area (Å²) in [6.45, 7) is 0. The van der Waals surface area contributed by atoms with E-state index >= 15 is 0 Å². The summed E-state index contributed by atoms with van der Waals surface area (Å²) in [5, 5.41) is 1.31. The Morgan fingerprint density at radius 3 is 2.29 bits per heavy atom. The molecule has 0 radical (unpaired) electrons. The summed E-state index contributed by atoms with van der Waals surface area (Å²) >= 11 is 0. The van der Waals surface area contributed by atoms with Gasteiger partial charge in [0.1, 0.15) is 5.69 Å². The molecule has 0 saturated carbocycles. The minimum absolute atomic E-state index is 0.0619. The third kappa shape index (κ3) is 1.44. The highest BCUT2D eigenvalue weighted by molar-refractivity contribution is 7.28. The number of benzene rings is 2. The van der Waals surface area contributed by atoms with Gasteiger partial charge in [-0.1, -0.05) is 39.3 Å². The van der Waals surface area contributed by atoms with Crippen molar-refractivity contribution in [1.82, 2.24) is 0 Å². The van der Waals surface area contributed by atoms with Crippen LogP contribution in [0.15, 0.2) is 36.4 Å². The molecule has 0 aliphatic rings. The maximum absolute atomic E-state index is 12.5. The molecule has 14 heavy (non-hydrogen) atoms. The average Bonchev–Trinajstić information content (AvgIpc) is 2.17. The molecule has 0 saturated heterocycles. The summed E-state index contributed by atoms with van der Waals surface area (Å²) in [5.41, 5.74) is -0.0619. The van der Waals surface area contributed by atoms with Crippen molar-refractivity contribution < 1.29 is 8.96 Å². The molecule has 2 aromatic rings. The van der Waals surface area contributed by atoms with E-state index in [-0.39, 0.29) is 5.69 Å². The van der Waals surface area contributed by atoms with Crippen molar-refractivity contribution in [3.05, 3.63) is 36.4 Å². The molecule has 1 nitrogen and oxygen atoms in total. The van der Waals surface area contributed by atoms with Crippen molar-refractivity contribution >= 4 is 31.0 Å². The molecule has 0 amide bonds. The predicted octanol–water partition coefficient (Wildman–Crippen LogP) is 2.92. The summed E-state index contributed by atoms with van der Waals surface area (Å²) in [6, 6.07) is 10.3. The van der Waals surface area contributed by atoms with Crippen LogP contribution in [0.5, 0.6) is 0 Å². The second kappa shape index (κ2) is 3.50. The van der Waals surface area contributed by atoms with Crippen LogP contribution in [0, 0.1) is 0 Å². The van der Waals surface area contributed by atoms with Gasteiger partial charge in [-0.2, -0.15) is 0 Å². The average molecular weight is 211 g/mol. The van der Waals surface area contributed by atoms with Gasteiger partial charge in [0.2, 0.25) is 0 Å². The number of hydrogen-bond donors (Lipinski definition) is 0. The first kappa shape index (κ1) is 9.35. The molecule has 0 bridgehead atoms. The van der Waals surface area contributed by atoms with Gasteiger partial charge in [-0.15, -0.1) is 9.24 Å². The molecule has 0 heterocycles. The third-order valence-electron chi connectivity index (χ3n) is 2.10. The number of halogens is 2. The van der Waals surface area contributed by atoms with Gasteiger partial charge in [0, 0.05) is 5.39 Å². The highest BCUT2D eigenvalue weighted by atomic mass is 31.0. The molecule has 4 heteroatoms. The van der Waals surface area contributed by atoms with Crippen LogP contribution in [-0.2, 0) is 0 Å². The van der Waals surface area contributed by atoms with E-state index in [1.807, 2.05) is 18.2 Å². The van der Waals surface area contributed by atoms with E-state index in [4.69, 9.17) is 0 Å².